The summed E-state index contributed by atoms with van der Waals surface area (Å²) in [5.74, 6) is 0.766. The van der Waals surface area contributed by atoms with Gasteiger partial charge in [0.25, 0.3) is 0 Å². The Bertz CT molecular complexity index is 340. The van der Waals surface area contributed by atoms with Crippen LogP contribution in [-0.2, 0) is 6.54 Å². The van der Waals surface area contributed by atoms with Crippen molar-refractivity contribution < 1.29 is 14.2 Å². The monoisotopic (exact) mass is 241 g/mol. The number of ether oxygens (including phenoxy) is 1. The minimum atomic E-state index is -0.268. The van der Waals surface area contributed by atoms with Crippen LogP contribution in [0.5, 0.6) is 5.75 Å². The second kappa shape index (κ2) is 7.25. The number of hydrogen-bond donors (Lipinski definition) is 2. The Balaban J connectivity index is 0.000000686. The summed E-state index contributed by atoms with van der Waals surface area (Å²) in [5.41, 5.74) is 1.05. The zero-order valence-electron chi connectivity index (χ0n) is 10.4. The smallest absolute Gasteiger partial charge is 0.165 e. The van der Waals surface area contributed by atoms with E-state index in [9.17, 15) is 4.39 Å². The average Bonchev–Trinajstić information content (AvgIpc) is 3.17. The molecule has 0 radical (unpaired) electrons. The van der Waals surface area contributed by atoms with Gasteiger partial charge in [-0.15, -0.1) is 0 Å². The van der Waals surface area contributed by atoms with Crippen LogP contribution in [0.1, 0.15) is 18.4 Å². The lowest BCUT2D eigenvalue weighted by atomic mass is 10.2. The van der Waals surface area contributed by atoms with E-state index in [1.807, 2.05) is 7.05 Å². The van der Waals surface area contributed by atoms with Crippen LogP contribution in [0.3, 0.4) is 0 Å². The van der Waals surface area contributed by atoms with Gasteiger partial charge >= 0.3 is 0 Å². The van der Waals surface area contributed by atoms with Crippen LogP contribution in [0.4, 0.5) is 4.39 Å². The minimum absolute atomic E-state index is 0.268. The fourth-order valence-electron chi connectivity index (χ4n) is 1.46. The first kappa shape index (κ1) is 13.9. The van der Waals surface area contributed by atoms with Gasteiger partial charge in [0.2, 0.25) is 0 Å². The van der Waals surface area contributed by atoms with Crippen LogP contribution >= 0.6 is 0 Å². The second-order valence-electron chi connectivity index (χ2n) is 4.05. The molecule has 3 nitrogen and oxygen atoms in total. The largest absolute Gasteiger partial charge is 0.490 e. The predicted octanol–water partition coefficient (Wildman–Crippen LogP) is 1.94. The van der Waals surface area contributed by atoms with Crippen molar-refractivity contribution in [1.29, 1.82) is 0 Å². The Hall–Kier alpha value is -1.13. The maximum absolute atomic E-state index is 13.3. The number of nitrogens with one attached hydrogen (secondary N) is 1. The maximum atomic E-state index is 13.3. The third kappa shape index (κ3) is 4.71. The number of aliphatic hydroxyl groups is 1. The number of rotatable bonds is 5. The highest BCUT2D eigenvalue weighted by atomic mass is 19.1. The van der Waals surface area contributed by atoms with Crippen molar-refractivity contribution in [3.63, 3.8) is 0 Å². The Morgan fingerprint density at radius 2 is 2.12 bits per heavy atom. The highest BCUT2D eigenvalue weighted by molar-refractivity contribution is 5.30. The van der Waals surface area contributed by atoms with Crippen molar-refractivity contribution >= 4 is 0 Å². The highest BCUT2D eigenvalue weighted by Crippen LogP contribution is 2.30. The van der Waals surface area contributed by atoms with E-state index in [4.69, 9.17) is 9.84 Å². The van der Waals surface area contributed by atoms with Crippen molar-refractivity contribution in [3.8, 4) is 5.75 Å². The summed E-state index contributed by atoms with van der Waals surface area (Å²) in [6.45, 7) is 1.39. The molecule has 0 aliphatic heterocycles. The summed E-state index contributed by atoms with van der Waals surface area (Å²) >= 11 is 0. The molecule has 2 N–H and O–H groups in total. The van der Waals surface area contributed by atoms with Gasteiger partial charge in [-0.2, -0.15) is 0 Å². The predicted molar refractivity (Wildman–Crippen MR) is 65.5 cm³/mol. The summed E-state index contributed by atoms with van der Waals surface area (Å²) < 4.78 is 18.8. The summed E-state index contributed by atoms with van der Waals surface area (Å²) in [4.78, 5) is 0. The Morgan fingerprint density at radius 1 is 1.41 bits per heavy atom. The maximum Gasteiger partial charge on any atom is 0.165 e. The number of benzene rings is 1. The highest BCUT2D eigenvalue weighted by Gasteiger charge is 2.22. The van der Waals surface area contributed by atoms with Gasteiger partial charge in [0, 0.05) is 13.7 Å². The average molecular weight is 241 g/mol. The fraction of sp³-hybridized carbons (Fsp3) is 0.538. The molecule has 96 valence electrons. The molecule has 1 aromatic rings. The van der Waals surface area contributed by atoms with Crippen molar-refractivity contribution in [2.45, 2.75) is 19.4 Å². The summed E-state index contributed by atoms with van der Waals surface area (Å²) in [7, 11) is 2.87. The van der Waals surface area contributed by atoms with E-state index in [1.54, 1.807) is 12.1 Å². The lowest BCUT2D eigenvalue weighted by Crippen LogP contribution is -2.06. The first-order chi connectivity index (χ1) is 8.29. The van der Waals surface area contributed by atoms with Crippen LogP contribution in [0.15, 0.2) is 18.2 Å². The van der Waals surface area contributed by atoms with E-state index in [1.165, 1.54) is 18.9 Å². The number of aliphatic hydroxyl groups excluding tert-OH is 1. The van der Waals surface area contributed by atoms with Gasteiger partial charge in [0.05, 0.1) is 6.61 Å². The van der Waals surface area contributed by atoms with Gasteiger partial charge < -0.3 is 15.2 Å². The molecular formula is C13H20FNO2. The Morgan fingerprint density at radius 3 is 2.71 bits per heavy atom. The van der Waals surface area contributed by atoms with E-state index in [2.05, 4.69) is 5.32 Å². The molecule has 1 saturated carbocycles. The molecule has 1 aromatic carbocycles. The van der Waals surface area contributed by atoms with Gasteiger partial charge in [0.15, 0.2) is 11.6 Å². The molecule has 0 unspecified atom stereocenters. The van der Waals surface area contributed by atoms with Gasteiger partial charge in [-0.1, -0.05) is 6.07 Å². The fourth-order valence-corrected chi connectivity index (χ4v) is 1.46. The zero-order chi connectivity index (χ0) is 12.7. The number of hydrogen-bond acceptors (Lipinski definition) is 3. The van der Waals surface area contributed by atoms with Gasteiger partial charge in [-0.3, -0.25) is 0 Å². The normalized spacial score (nSPS) is 13.9. The molecule has 0 saturated heterocycles. The number of halogens is 1. The summed E-state index contributed by atoms with van der Waals surface area (Å²) in [5, 5.41) is 10.0. The standard InChI is InChI=1S/C12H16FNO.CH4O/c1-14-7-10-4-5-11(13)12(6-10)15-8-9-2-3-9;1-2/h4-6,9,14H,2-3,7-8H2,1H3;2H,1H3. The van der Waals surface area contributed by atoms with Crippen molar-refractivity contribution in [1.82, 2.24) is 5.32 Å². The lowest BCUT2D eigenvalue weighted by molar-refractivity contribution is 0.285. The van der Waals surface area contributed by atoms with E-state index in [0.717, 1.165) is 19.2 Å². The van der Waals surface area contributed by atoms with Crippen LogP contribution in [0, 0.1) is 11.7 Å². The van der Waals surface area contributed by atoms with E-state index in [0.29, 0.717) is 18.3 Å². The molecule has 0 atom stereocenters. The molecule has 1 fully saturated rings. The molecule has 2 rings (SSSR count). The molecule has 17 heavy (non-hydrogen) atoms. The van der Waals surface area contributed by atoms with E-state index in [-0.39, 0.29) is 5.82 Å². The summed E-state index contributed by atoms with van der Waals surface area (Å²) in [6.07, 6.45) is 2.44. The topological polar surface area (TPSA) is 41.5 Å². The third-order valence-electron chi connectivity index (χ3n) is 2.55. The Kier molecular flexibility index (Phi) is 5.94. The Labute approximate surface area is 102 Å². The molecule has 0 spiro atoms. The van der Waals surface area contributed by atoms with Crippen molar-refractivity contribution in [2.75, 3.05) is 20.8 Å². The van der Waals surface area contributed by atoms with Crippen LogP contribution in [0.2, 0.25) is 0 Å². The van der Waals surface area contributed by atoms with E-state index >= 15 is 0 Å². The van der Waals surface area contributed by atoms with Crippen LogP contribution in [-0.4, -0.2) is 25.9 Å². The molecule has 0 heterocycles. The zero-order valence-corrected chi connectivity index (χ0v) is 10.4. The SMILES string of the molecule is CNCc1ccc(F)c(OCC2CC2)c1.CO. The van der Waals surface area contributed by atoms with Crippen molar-refractivity contribution in [3.05, 3.63) is 29.6 Å². The molecule has 0 bridgehead atoms. The molecule has 0 aromatic heterocycles. The quantitative estimate of drug-likeness (QED) is 0.828. The lowest BCUT2D eigenvalue weighted by Gasteiger charge is -2.08. The molecule has 0 amide bonds. The van der Waals surface area contributed by atoms with Crippen molar-refractivity contribution in [2.24, 2.45) is 5.92 Å². The third-order valence-corrected chi connectivity index (χ3v) is 2.55. The van der Waals surface area contributed by atoms with Crippen LogP contribution in [0.25, 0.3) is 0 Å². The minimum Gasteiger partial charge on any atom is -0.490 e. The molecule has 1 aliphatic rings. The molecule has 4 heteroatoms. The van der Waals surface area contributed by atoms with Gasteiger partial charge in [0.1, 0.15) is 0 Å². The summed E-state index contributed by atoms with van der Waals surface area (Å²) in [6, 6.07) is 5.01. The second-order valence-corrected chi connectivity index (χ2v) is 4.05. The van der Waals surface area contributed by atoms with Crippen LogP contribution < -0.4 is 10.1 Å². The van der Waals surface area contributed by atoms with Gasteiger partial charge in [-0.25, -0.2) is 4.39 Å². The first-order valence-corrected chi connectivity index (χ1v) is 5.80. The first-order valence-electron chi connectivity index (χ1n) is 5.80. The molecular weight excluding hydrogens is 221 g/mol. The van der Waals surface area contributed by atoms with Gasteiger partial charge in [-0.05, 0) is 43.5 Å². The molecule has 1 aliphatic carbocycles. The van der Waals surface area contributed by atoms with E-state index < -0.39 is 0 Å².